The zero-order valence-corrected chi connectivity index (χ0v) is 19.4. The monoisotopic (exact) mass is 438 g/mol. The van der Waals surface area contributed by atoms with Crippen molar-refractivity contribution in [2.45, 2.75) is 45.6 Å². The molecule has 0 aliphatic carbocycles. The Balaban J connectivity index is 1.49. The average molecular weight is 439 g/mol. The fourth-order valence-corrected chi connectivity index (χ4v) is 4.77. The largest absolute Gasteiger partial charge is 0.465 e. The maximum Gasteiger partial charge on any atom is 0.159 e. The number of hydrogen-bond donors (Lipinski definition) is 0. The van der Waals surface area contributed by atoms with Gasteiger partial charge in [-0.3, -0.25) is 9.88 Å². The van der Waals surface area contributed by atoms with Crippen LogP contribution < -0.4 is 0 Å². The first-order valence-corrected chi connectivity index (χ1v) is 11.8. The summed E-state index contributed by atoms with van der Waals surface area (Å²) >= 11 is 0. The van der Waals surface area contributed by atoms with Crippen molar-refractivity contribution in [1.82, 2.24) is 19.9 Å². The molecule has 1 aliphatic rings. The topological polar surface area (TPSA) is 55.1 Å². The molecule has 0 amide bonds. The van der Waals surface area contributed by atoms with Gasteiger partial charge in [-0.15, -0.1) is 0 Å². The van der Waals surface area contributed by atoms with Crippen molar-refractivity contribution in [3.8, 4) is 22.5 Å². The molecule has 5 heteroatoms. The highest BCUT2D eigenvalue weighted by molar-refractivity contribution is 5.70. The highest BCUT2D eigenvalue weighted by Crippen LogP contribution is 2.35. The van der Waals surface area contributed by atoms with E-state index >= 15 is 0 Å². The Bertz CT molecular complexity index is 1220. The Labute approximate surface area is 195 Å². The lowest BCUT2D eigenvalue weighted by Gasteiger charge is -2.33. The zero-order chi connectivity index (χ0) is 22.6. The predicted octanol–water partition coefficient (Wildman–Crippen LogP) is 6.05. The quantitative estimate of drug-likeness (QED) is 0.367. The Kier molecular flexibility index (Phi) is 6.31. The number of likely N-dealkylation sites (tertiary alicyclic amines) is 1. The maximum absolute atomic E-state index is 5.99. The summed E-state index contributed by atoms with van der Waals surface area (Å²) in [7, 11) is 0. The number of hydrogen-bond acceptors (Lipinski definition) is 5. The molecule has 1 aromatic carbocycles. The lowest BCUT2D eigenvalue weighted by molar-refractivity contribution is 0.184. The number of piperidine rings is 1. The Morgan fingerprint density at radius 3 is 2.61 bits per heavy atom. The van der Waals surface area contributed by atoms with Gasteiger partial charge in [-0.05, 0) is 61.7 Å². The van der Waals surface area contributed by atoms with Crippen molar-refractivity contribution in [1.29, 1.82) is 0 Å². The van der Waals surface area contributed by atoms with Crippen LogP contribution in [0, 0.1) is 6.92 Å². The Morgan fingerprint density at radius 2 is 1.82 bits per heavy atom. The molecular formula is C28H30N4O. The molecule has 1 fully saturated rings. The Morgan fingerprint density at radius 1 is 1.00 bits per heavy atom. The number of aromatic nitrogens is 3. The van der Waals surface area contributed by atoms with E-state index in [-0.39, 0.29) is 0 Å². The molecule has 4 aromatic rings. The van der Waals surface area contributed by atoms with Gasteiger partial charge in [0, 0.05) is 48.6 Å². The van der Waals surface area contributed by atoms with E-state index in [0.29, 0.717) is 5.92 Å². The van der Waals surface area contributed by atoms with E-state index in [1.165, 1.54) is 11.1 Å². The summed E-state index contributed by atoms with van der Waals surface area (Å²) in [4.78, 5) is 16.6. The number of rotatable bonds is 6. The van der Waals surface area contributed by atoms with Crippen LogP contribution in [0.2, 0.25) is 0 Å². The lowest BCUT2D eigenvalue weighted by atomic mass is 9.88. The van der Waals surface area contributed by atoms with Crippen LogP contribution in [0.3, 0.4) is 0 Å². The molecule has 168 valence electrons. The maximum atomic E-state index is 5.99. The van der Waals surface area contributed by atoms with Gasteiger partial charge in [0.1, 0.15) is 11.5 Å². The first-order valence-electron chi connectivity index (χ1n) is 11.8. The number of furan rings is 1. The molecule has 1 aliphatic heterocycles. The summed E-state index contributed by atoms with van der Waals surface area (Å²) < 4.78 is 5.99. The third-order valence-electron chi connectivity index (χ3n) is 6.53. The second-order valence-corrected chi connectivity index (χ2v) is 8.84. The normalized spacial score (nSPS) is 16.7. The minimum atomic E-state index is 0.345. The summed E-state index contributed by atoms with van der Waals surface area (Å²) in [6.07, 6.45) is 8.81. The minimum Gasteiger partial charge on any atom is -0.465 e. The molecule has 0 bridgehead atoms. The molecule has 0 spiro atoms. The van der Waals surface area contributed by atoms with Gasteiger partial charge in [-0.25, -0.2) is 9.97 Å². The van der Waals surface area contributed by atoms with Crippen LogP contribution in [-0.2, 0) is 13.0 Å². The molecule has 5 rings (SSSR count). The second kappa shape index (κ2) is 9.67. The van der Waals surface area contributed by atoms with E-state index in [1.54, 1.807) is 12.4 Å². The van der Waals surface area contributed by atoms with Crippen molar-refractivity contribution in [2.75, 3.05) is 13.1 Å². The van der Waals surface area contributed by atoms with Gasteiger partial charge in [0.15, 0.2) is 5.82 Å². The van der Waals surface area contributed by atoms with Gasteiger partial charge in [0.2, 0.25) is 0 Å². The lowest BCUT2D eigenvalue weighted by Crippen LogP contribution is -2.34. The first kappa shape index (κ1) is 21.5. The van der Waals surface area contributed by atoms with Crippen molar-refractivity contribution in [3.05, 3.63) is 89.9 Å². The van der Waals surface area contributed by atoms with Crippen molar-refractivity contribution in [3.63, 3.8) is 0 Å². The van der Waals surface area contributed by atoms with Crippen molar-refractivity contribution in [2.24, 2.45) is 0 Å². The van der Waals surface area contributed by atoms with E-state index in [2.05, 4.69) is 60.1 Å². The predicted molar refractivity (Wildman–Crippen MR) is 131 cm³/mol. The smallest absolute Gasteiger partial charge is 0.159 e. The highest BCUT2D eigenvalue weighted by atomic mass is 16.3. The van der Waals surface area contributed by atoms with Gasteiger partial charge < -0.3 is 4.42 Å². The summed E-state index contributed by atoms with van der Waals surface area (Å²) in [6, 6.07) is 16.7. The molecule has 1 atom stereocenters. The third kappa shape index (κ3) is 4.74. The van der Waals surface area contributed by atoms with E-state index in [9.17, 15) is 0 Å². The number of aryl methyl sites for hydroxylation is 2. The SMILES string of the molecule is CCc1ccc(CN2CCC[C@H](c3nc(-c4ccncc4)ncc3-c3ccccc3C)C2)o1. The molecule has 5 nitrogen and oxygen atoms in total. The number of benzene rings is 1. The van der Waals surface area contributed by atoms with Gasteiger partial charge in [-0.2, -0.15) is 0 Å². The first-order chi connectivity index (χ1) is 16.2. The van der Waals surface area contributed by atoms with Gasteiger partial charge >= 0.3 is 0 Å². The van der Waals surface area contributed by atoms with E-state index in [4.69, 9.17) is 14.4 Å². The standard InChI is InChI=1S/C28H30N4O/c1-3-23-10-11-24(33-23)19-32-16-6-8-22(18-32)27-26(25-9-5-4-7-20(25)2)17-30-28(31-27)21-12-14-29-15-13-21/h4-5,7,9-15,17,22H,3,6,8,16,18-19H2,1-2H3/t22-/m0/s1. The molecule has 3 aromatic heterocycles. The number of pyridine rings is 1. The van der Waals surface area contributed by atoms with Gasteiger partial charge in [0.05, 0.1) is 12.2 Å². The summed E-state index contributed by atoms with van der Waals surface area (Å²) in [5.74, 6) is 3.21. The Hall–Kier alpha value is -3.31. The molecule has 0 radical (unpaired) electrons. The van der Waals surface area contributed by atoms with Crippen LogP contribution in [0.25, 0.3) is 22.5 Å². The summed E-state index contributed by atoms with van der Waals surface area (Å²) in [5, 5.41) is 0. The molecule has 0 saturated carbocycles. The van der Waals surface area contributed by atoms with Gasteiger partial charge in [-0.1, -0.05) is 31.2 Å². The molecular weight excluding hydrogens is 408 g/mol. The van der Waals surface area contributed by atoms with Crippen molar-refractivity contribution >= 4 is 0 Å². The van der Waals surface area contributed by atoms with Crippen LogP contribution >= 0.6 is 0 Å². The minimum absolute atomic E-state index is 0.345. The molecule has 1 saturated heterocycles. The van der Waals surface area contributed by atoms with E-state index in [0.717, 1.165) is 73.1 Å². The average Bonchev–Trinajstić information content (AvgIpc) is 3.32. The molecule has 0 N–H and O–H groups in total. The highest BCUT2D eigenvalue weighted by Gasteiger charge is 2.27. The van der Waals surface area contributed by atoms with Crippen LogP contribution in [-0.4, -0.2) is 32.9 Å². The van der Waals surface area contributed by atoms with Crippen molar-refractivity contribution < 1.29 is 4.42 Å². The van der Waals surface area contributed by atoms with E-state index < -0.39 is 0 Å². The summed E-state index contributed by atoms with van der Waals surface area (Å²) in [6.45, 7) is 7.18. The van der Waals surface area contributed by atoms with Crippen LogP contribution in [0.5, 0.6) is 0 Å². The summed E-state index contributed by atoms with van der Waals surface area (Å²) in [5.41, 5.74) is 5.74. The van der Waals surface area contributed by atoms with Crippen LogP contribution in [0.1, 0.15) is 48.5 Å². The third-order valence-corrected chi connectivity index (χ3v) is 6.53. The molecule has 4 heterocycles. The molecule has 0 unspecified atom stereocenters. The molecule has 33 heavy (non-hydrogen) atoms. The fraction of sp³-hybridized carbons (Fsp3) is 0.321. The van der Waals surface area contributed by atoms with Crippen LogP contribution in [0.15, 0.2) is 71.5 Å². The van der Waals surface area contributed by atoms with Crippen LogP contribution in [0.4, 0.5) is 0 Å². The number of nitrogens with zero attached hydrogens (tertiary/aromatic N) is 4. The fourth-order valence-electron chi connectivity index (χ4n) is 4.77. The second-order valence-electron chi connectivity index (χ2n) is 8.84. The zero-order valence-electron chi connectivity index (χ0n) is 19.4. The van der Waals surface area contributed by atoms with Gasteiger partial charge in [0.25, 0.3) is 0 Å². The van der Waals surface area contributed by atoms with E-state index in [1.807, 2.05) is 18.3 Å².